The van der Waals surface area contributed by atoms with Crippen LogP contribution in [0.5, 0.6) is 0 Å². The van der Waals surface area contributed by atoms with E-state index in [2.05, 4.69) is 24.9 Å². The quantitative estimate of drug-likeness (QED) is 0.789. The van der Waals surface area contributed by atoms with Gasteiger partial charge in [-0.15, -0.1) is 0 Å². The molecule has 0 bridgehead atoms. The van der Waals surface area contributed by atoms with Gasteiger partial charge < -0.3 is 15.2 Å². The Hall–Kier alpha value is -3.23. The van der Waals surface area contributed by atoms with Crippen LogP contribution in [0.4, 0.5) is 10.2 Å². The fourth-order valence-corrected chi connectivity index (χ4v) is 2.50. The third-order valence-corrected chi connectivity index (χ3v) is 3.52. The van der Waals surface area contributed by atoms with Gasteiger partial charge in [0.1, 0.15) is 18.0 Å². The topological polar surface area (TPSA) is 98.4 Å². The lowest BCUT2D eigenvalue weighted by molar-refractivity contribution is 0.306. The maximum atomic E-state index is 14.3. The minimum absolute atomic E-state index is 0.106. The maximum absolute atomic E-state index is 14.3. The van der Waals surface area contributed by atoms with Crippen molar-refractivity contribution in [2.45, 2.75) is 6.67 Å². The van der Waals surface area contributed by atoms with E-state index in [0.717, 1.165) is 0 Å². The summed E-state index contributed by atoms with van der Waals surface area (Å²) in [6.45, 7) is 0.809. The number of aliphatic imine (C=N–C) groups is 1. The number of fused-ring (bicyclic) bond motifs is 1. The van der Waals surface area contributed by atoms with Gasteiger partial charge in [-0.05, 0) is 28.5 Å². The van der Waals surface area contributed by atoms with Gasteiger partial charge >= 0.3 is 0 Å². The van der Waals surface area contributed by atoms with Crippen molar-refractivity contribution in [2.24, 2.45) is 4.99 Å². The minimum Gasteiger partial charge on any atom is -0.379 e. The highest BCUT2D eigenvalue weighted by Gasteiger charge is 2.22. The number of nitrogens with zero attached hydrogens (tertiary/aromatic N) is 6. The molecule has 0 aliphatic carbocycles. The van der Waals surface area contributed by atoms with E-state index in [1.165, 1.54) is 6.07 Å². The molecule has 23 heavy (non-hydrogen) atoms. The molecule has 116 valence electrons. The zero-order chi connectivity index (χ0) is 15.8. The minimum atomic E-state index is -0.374. The van der Waals surface area contributed by atoms with Gasteiger partial charge in [-0.3, -0.25) is 4.99 Å². The van der Waals surface area contributed by atoms with Gasteiger partial charge in [-0.2, -0.15) is 0 Å². The second-order valence-corrected chi connectivity index (χ2v) is 5.01. The van der Waals surface area contributed by atoms with Gasteiger partial charge in [0.15, 0.2) is 17.3 Å². The Morgan fingerprint density at radius 3 is 2.96 bits per heavy atom. The normalized spacial score (nSPS) is 14.0. The molecule has 0 saturated carbocycles. The average molecular weight is 313 g/mol. The summed E-state index contributed by atoms with van der Waals surface area (Å²) in [5.41, 5.74) is 6.93. The maximum Gasteiger partial charge on any atom is 0.199 e. The monoisotopic (exact) mass is 313 g/mol. The van der Waals surface area contributed by atoms with Crippen molar-refractivity contribution in [3.63, 3.8) is 0 Å². The molecule has 0 fully saturated rings. The molecule has 1 aliphatic heterocycles. The van der Waals surface area contributed by atoms with Crippen LogP contribution < -0.4 is 5.73 Å². The van der Waals surface area contributed by atoms with Gasteiger partial charge in [0, 0.05) is 12.4 Å². The Kier molecular flexibility index (Phi) is 3.04. The van der Waals surface area contributed by atoms with Crippen molar-refractivity contribution < 1.29 is 9.02 Å². The van der Waals surface area contributed by atoms with Gasteiger partial charge in [-0.1, -0.05) is 6.07 Å². The standard InChI is InChI=1S/C14H12FN7O/c15-9-3-1-4-10-12(9)22(8-21-6-2-5-17-7-21)14(18-10)11-13(16)20-23-19-11/h1-6H,7-8H2,(H2,16,20). The number of para-hydroxylation sites is 1. The van der Waals surface area contributed by atoms with E-state index in [-0.39, 0.29) is 17.3 Å². The number of halogens is 1. The van der Waals surface area contributed by atoms with Crippen LogP contribution in [0, 0.1) is 5.82 Å². The second kappa shape index (κ2) is 5.20. The summed E-state index contributed by atoms with van der Waals surface area (Å²) >= 11 is 0. The number of benzene rings is 1. The number of anilines is 1. The van der Waals surface area contributed by atoms with E-state index in [9.17, 15) is 4.39 Å². The van der Waals surface area contributed by atoms with Crippen LogP contribution in [0.15, 0.2) is 40.1 Å². The molecule has 4 rings (SSSR count). The van der Waals surface area contributed by atoms with Gasteiger partial charge in [0.25, 0.3) is 0 Å². The third kappa shape index (κ3) is 2.22. The lowest BCUT2D eigenvalue weighted by Gasteiger charge is -2.21. The summed E-state index contributed by atoms with van der Waals surface area (Å²) in [5.74, 6) is 0.127. The first-order valence-corrected chi connectivity index (χ1v) is 6.88. The number of imidazole rings is 1. The highest BCUT2D eigenvalue weighted by Crippen LogP contribution is 2.28. The van der Waals surface area contributed by atoms with Crippen LogP contribution in [0.3, 0.4) is 0 Å². The zero-order valence-electron chi connectivity index (χ0n) is 11.9. The van der Waals surface area contributed by atoms with Gasteiger partial charge in [0.2, 0.25) is 0 Å². The lowest BCUT2D eigenvalue weighted by atomic mass is 10.3. The summed E-state index contributed by atoms with van der Waals surface area (Å²) in [4.78, 5) is 10.5. The molecule has 9 heteroatoms. The largest absolute Gasteiger partial charge is 0.379 e. The fraction of sp³-hybridized carbons (Fsp3) is 0.143. The number of hydrogen-bond donors (Lipinski definition) is 1. The fourth-order valence-electron chi connectivity index (χ4n) is 2.50. The smallest absolute Gasteiger partial charge is 0.199 e. The third-order valence-electron chi connectivity index (χ3n) is 3.52. The van der Waals surface area contributed by atoms with Crippen molar-refractivity contribution in [1.82, 2.24) is 24.8 Å². The van der Waals surface area contributed by atoms with Crippen LogP contribution in [-0.2, 0) is 6.67 Å². The Bertz CT molecular complexity index is 926. The first-order valence-electron chi connectivity index (χ1n) is 6.88. The molecule has 0 unspecified atom stereocenters. The first-order chi connectivity index (χ1) is 11.2. The summed E-state index contributed by atoms with van der Waals surface area (Å²) in [7, 11) is 0. The number of aromatic nitrogens is 4. The number of rotatable bonds is 3. The Morgan fingerprint density at radius 2 is 2.22 bits per heavy atom. The van der Waals surface area contributed by atoms with Crippen LogP contribution in [0.2, 0.25) is 0 Å². The van der Waals surface area contributed by atoms with Gasteiger partial charge in [0.05, 0.1) is 12.2 Å². The van der Waals surface area contributed by atoms with Crippen LogP contribution in [0.25, 0.3) is 22.6 Å². The number of nitrogens with two attached hydrogens (primary N) is 1. The zero-order valence-corrected chi connectivity index (χ0v) is 11.9. The predicted octanol–water partition coefficient (Wildman–Crippen LogP) is 1.62. The van der Waals surface area contributed by atoms with E-state index < -0.39 is 0 Å². The van der Waals surface area contributed by atoms with E-state index in [1.54, 1.807) is 22.9 Å². The van der Waals surface area contributed by atoms with E-state index >= 15 is 0 Å². The molecule has 3 heterocycles. The molecule has 0 atom stereocenters. The van der Waals surface area contributed by atoms with Crippen LogP contribution in [-0.4, -0.2) is 37.6 Å². The number of hydrogen-bond acceptors (Lipinski definition) is 7. The summed E-state index contributed by atoms with van der Waals surface area (Å²) in [6, 6.07) is 4.72. The summed E-state index contributed by atoms with van der Waals surface area (Å²) in [6.07, 6.45) is 5.39. The van der Waals surface area contributed by atoms with Crippen molar-refractivity contribution in [1.29, 1.82) is 0 Å². The molecule has 0 radical (unpaired) electrons. The molecule has 0 amide bonds. The molecule has 0 saturated heterocycles. The predicted molar refractivity (Wildman–Crippen MR) is 81.7 cm³/mol. The first kappa shape index (κ1) is 13.4. The van der Waals surface area contributed by atoms with Crippen molar-refractivity contribution >= 4 is 23.1 Å². The summed E-state index contributed by atoms with van der Waals surface area (Å²) in [5, 5.41) is 7.35. The molecule has 1 aliphatic rings. The second-order valence-electron chi connectivity index (χ2n) is 5.01. The SMILES string of the molecule is Nc1nonc1-c1nc2cccc(F)c2n1CN1C=CC=NC1. The molecular formula is C14H12FN7O. The van der Waals surface area contributed by atoms with Gasteiger partial charge in [-0.25, -0.2) is 14.0 Å². The van der Waals surface area contributed by atoms with Crippen LogP contribution >= 0.6 is 0 Å². The lowest BCUT2D eigenvalue weighted by Crippen LogP contribution is -2.23. The highest BCUT2D eigenvalue weighted by molar-refractivity contribution is 5.82. The molecule has 1 aromatic carbocycles. The molecule has 3 aromatic rings. The highest BCUT2D eigenvalue weighted by atomic mass is 19.1. The Labute approximate surface area is 129 Å². The Morgan fingerprint density at radius 1 is 1.30 bits per heavy atom. The molecule has 2 N–H and O–H groups in total. The van der Waals surface area contributed by atoms with Crippen LogP contribution in [0.1, 0.15) is 0 Å². The van der Waals surface area contributed by atoms with E-state index in [4.69, 9.17) is 5.73 Å². The van der Waals surface area contributed by atoms with Crippen molar-refractivity contribution in [2.75, 3.05) is 12.4 Å². The van der Waals surface area contributed by atoms with E-state index in [1.807, 2.05) is 17.2 Å². The average Bonchev–Trinajstić information content (AvgIpc) is 3.13. The molecule has 8 nitrogen and oxygen atoms in total. The Balaban J connectivity index is 1.89. The molecule has 0 spiro atoms. The van der Waals surface area contributed by atoms with Crippen molar-refractivity contribution in [3.05, 3.63) is 36.3 Å². The number of nitrogen functional groups attached to an aromatic ring is 1. The summed E-state index contributed by atoms with van der Waals surface area (Å²) < 4.78 is 20.7. The van der Waals surface area contributed by atoms with E-state index in [0.29, 0.717) is 30.2 Å². The van der Waals surface area contributed by atoms with Crippen molar-refractivity contribution in [3.8, 4) is 11.5 Å². The number of allylic oxidation sites excluding steroid dienone is 1. The molecule has 2 aromatic heterocycles. The molecular weight excluding hydrogens is 301 g/mol.